The quantitative estimate of drug-likeness (QED) is 0.324. The molecular weight excluding hydrogens is 424 g/mol. The summed E-state index contributed by atoms with van der Waals surface area (Å²) in [4.78, 5) is 46.7. The average molecular weight is 450 g/mol. The van der Waals surface area contributed by atoms with Crippen molar-refractivity contribution < 1.29 is 14.5 Å². The lowest BCUT2D eigenvalue weighted by Crippen LogP contribution is -2.48. The molecule has 172 valence electrons. The number of aryl methyl sites for hydroxylation is 1. The van der Waals surface area contributed by atoms with E-state index in [-0.39, 0.29) is 23.1 Å². The van der Waals surface area contributed by atoms with E-state index in [9.17, 15) is 19.7 Å². The fraction of sp³-hybridized carbons (Fsp3) is 0.348. The second kappa shape index (κ2) is 9.68. The molecule has 0 radical (unpaired) electrons. The maximum atomic E-state index is 12.6. The molecule has 4 rings (SSSR count). The lowest BCUT2D eigenvalue weighted by molar-refractivity contribution is -0.384. The number of nitro groups is 1. The number of aromatic nitrogens is 2. The lowest BCUT2D eigenvalue weighted by Gasteiger charge is -2.35. The predicted octanol–water partition coefficient (Wildman–Crippen LogP) is 2.50. The molecule has 3 aromatic rings. The summed E-state index contributed by atoms with van der Waals surface area (Å²) in [5, 5.41) is 14.5. The minimum absolute atomic E-state index is 0.00325. The predicted molar refractivity (Wildman–Crippen MR) is 124 cm³/mol. The highest BCUT2D eigenvalue weighted by Gasteiger charge is 2.25. The molecule has 1 aliphatic heterocycles. The maximum Gasteiger partial charge on any atom is 0.293 e. The fourth-order valence-electron chi connectivity index (χ4n) is 4.02. The number of carbonyl (C=O) groups excluding carboxylic acids is 2. The van der Waals surface area contributed by atoms with E-state index in [0.29, 0.717) is 51.3 Å². The second-order valence-corrected chi connectivity index (χ2v) is 8.01. The number of nitrogens with zero attached hydrogens (tertiary/aromatic N) is 4. The van der Waals surface area contributed by atoms with Crippen LogP contribution in [-0.4, -0.2) is 64.3 Å². The minimum Gasteiger partial charge on any atom is -0.362 e. The van der Waals surface area contributed by atoms with Crippen molar-refractivity contribution in [3.8, 4) is 0 Å². The molecule has 0 atom stereocenters. The van der Waals surface area contributed by atoms with Crippen LogP contribution in [0.1, 0.15) is 29.5 Å². The maximum absolute atomic E-state index is 12.6. The summed E-state index contributed by atoms with van der Waals surface area (Å²) in [5.41, 5.74) is 2.49. The van der Waals surface area contributed by atoms with Crippen molar-refractivity contribution in [3.05, 3.63) is 64.0 Å². The molecule has 1 aromatic heterocycles. The summed E-state index contributed by atoms with van der Waals surface area (Å²) >= 11 is 0. The Morgan fingerprint density at radius 1 is 1.15 bits per heavy atom. The molecule has 0 spiro atoms. The topological polar surface area (TPSA) is 124 Å². The first-order valence-corrected chi connectivity index (χ1v) is 10.9. The number of nitro benzene ring substituents is 1. The van der Waals surface area contributed by atoms with E-state index in [4.69, 9.17) is 0 Å². The van der Waals surface area contributed by atoms with Gasteiger partial charge in [-0.25, -0.2) is 4.98 Å². The summed E-state index contributed by atoms with van der Waals surface area (Å²) in [6.45, 7) is 3.99. The first kappa shape index (κ1) is 22.3. The van der Waals surface area contributed by atoms with E-state index in [1.165, 1.54) is 13.0 Å². The molecule has 1 fully saturated rings. The average Bonchev–Trinajstić information content (AvgIpc) is 3.24. The molecule has 0 bridgehead atoms. The Hall–Kier alpha value is -3.95. The van der Waals surface area contributed by atoms with Crippen LogP contribution in [0.25, 0.3) is 11.0 Å². The molecule has 2 amide bonds. The number of para-hydroxylation sites is 2. The van der Waals surface area contributed by atoms with Gasteiger partial charge >= 0.3 is 0 Å². The number of nitrogens with one attached hydrogen (secondary N) is 2. The van der Waals surface area contributed by atoms with Gasteiger partial charge in [-0.15, -0.1) is 0 Å². The number of anilines is 1. The number of hydrogen-bond donors (Lipinski definition) is 2. The Morgan fingerprint density at radius 3 is 2.61 bits per heavy atom. The van der Waals surface area contributed by atoms with Crippen LogP contribution in [0.3, 0.4) is 0 Å². The molecule has 0 aliphatic carbocycles. The van der Waals surface area contributed by atoms with E-state index >= 15 is 0 Å². The van der Waals surface area contributed by atoms with E-state index in [1.807, 2.05) is 29.2 Å². The number of aromatic amines is 1. The Balaban J connectivity index is 1.35. The van der Waals surface area contributed by atoms with Gasteiger partial charge in [0.15, 0.2) is 0 Å². The first-order valence-electron chi connectivity index (χ1n) is 10.9. The number of piperazine rings is 1. The van der Waals surface area contributed by atoms with Gasteiger partial charge in [-0.3, -0.25) is 19.7 Å². The molecule has 1 aliphatic rings. The molecular formula is C23H26N6O4. The minimum atomic E-state index is -0.467. The van der Waals surface area contributed by atoms with Crippen LogP contribution < -0.4 is 10.2 Å². The number of carbonyl (C=O) groups is 2. The van der Waals surface area contributed by atoms with E-state index < -0.39 is 4.92 Å². The number of benzene rings is 2. The number of amides is 2. The molecule has 33 heavy (non-hydrogen) atoms. The van der Waals surface area contributed by atoms with Gasteiger partial charge in [0.2, 0.25) is 5.91 Å². The Bertz CT molecular complexity index is 1150. The SMILES string of the molecule is CC(=O)N1CCN(c2ccc(C(=O)NCCCc3nc4ccccc4[nH]3)cc2[N+](=O)[O-])CC1. The van der Waals surface area contributed by atoms with Crippen molar-refractivity contribution in [2.24, 2.45) is 0 Å². The Kier molecular flexibility index (Phi) is 6.53. The summed E-state index contributed by atoms with van der Waals surface area (Å²) in [7, 11) is 0. The van der Waals surface area contributed by atoms with Crippen molar-refractivity contribution in [1.29, 1.82) is 0 Å². The third kappa shape index (κ3) is 5.11. The van der Waals surface area contributed by atoms with E-state index in [2.05, 4.69) is 15.3 Å². The number of rotatable bonds is 7. The smallest absolute Gasteiger partial charge is 0.293 e. The van der Waals surface area contributed by atoms with Crippen LogP contribution >= 0.6 is 0 Å². The summed E-state index contributed by atoms with van der Waals surface area (Å²) in [5.74, 6) is 0.502. The van der Waals surface area contributed by atoms with Crippen LogP contribution in [0, 0.1) is 10.1 Å². The highest BCUT2D eigenvalue weighted by Crippen LogP contribution is 2.30. The van der Waals surface area contributed by atoms with Gasteiger partial charge in [-0.1, -0.05) is 12.1 Å². The molecule has 2 N–H and O–H groups in total. The van der Waals surface area contributed by atoms with Crippen LogP contribution in [0.4, 0.5) is 11.4 Å². The van der Waals surface area contributed by atoms with Crippen LogP contribution in [0.2, 0.25) is 0 Å². The van der Waals surface area contributed by atoms with Crippen molar-refractivity contribution in [1.82, 2.24) is 20.2 Å². The summed E-state index contributed by atoms with van der Waals surface area (Å²) < 4.78 is 0. The van der Waals surface area contributed by atoms with Crippen molar-refractivity contribution in [2.75, 3.05) is 37.6 Å². The standard InChI is InChI=1S/C23H26N6O4/c1-16(30)27-11-13-28(14-12-27)20-9-8-17(15-21(20)29(32)33)23(31)24-10-4-7-22-25-18-5-2-3-6-19(18)26-22/h2-3,5-6,8-9,15H,4,7,10-14H2,1H3,(H,24,31)(H,25,26). The molecule has 0 unspecified atom stereocenters. The number of imidazole rings is 1. The van der Waals surface area contributed by atoms with Gasteiger partial charge in [0.1, 0.15) is 11.5 Å². The van der Waals surface area contributed by atoms with Crippen molar-refractivity contribution >= 4 is 34.2 Å². The molecule has 2 heterocycles. The van der Waals surface area contributed by atoms with Crippen molar-refractivity contribution in [3.63, 3.8) is 0 Å². The molecule has 10 heteroatoms. The third-order valence-corrected chi connectivity index (χ3v) is 5.81. The highest BCUT2D eigenvalue weighted by atomic mass is 16.6. The highest BCUT2D eigenvalue weighted by molar-refractivity contribution is 5.95. The van der Waals surface area contributed by atoms with E-state index in [0.717, 1.165) is 16.9 Å². The fourth-order valence-corrected chi connectivity index (χ4v) is 4.02. The van der Waals surface area contributed by atoms with Gasteiger partial charge in [0.05, 0.1) is 16.0 Å². The van der Waals surface area contributed by atoms with Crippen molar-refractivity contribution in [2.45, 2.75) is 19.8 Å². The number of fused-ring (bicyclic) bond motifs is 1. The summed E-state index contributed by atoms with van der Waals surface area (Å²) in [6, 6.07) is 12.3. The van der Waals surface area contributed by atoms with Crippen LogP contribution in [0.15, 0.2) is 42.5 Å². The zero-order valence-corrected chi connectivity index (χ0v) is 18.4. The van der Waals surface area contributed by atoms with Gasteiger partial charge in [0, 0.05) is 57.7 Å². The zero-order chi connectivity index (χ0) is 23.4. The van der Waals surface area contributed by atoms with Crippen LogP contribution in [0.5, 0.6) is 0 Å². The molecule has 2 aromatic carbocycles. The molecule has 10 nitrogen and oxygen atoms in total. The molecule has 0 saturated carbocycles. The lowest BCUT2D eigenvalue weighted by atomic mass is 10.1. The Labute approximate surface area is 190 Å². The van der Waals surface area contributed by atoms with Gasteiger partial charge in [-0.05, 0) is 30.7 Å². The Morgan fingerprint density at radius 2 is 1.91 bits per heavy atom. The third-order valence-electron chi connectivity index (χ3n) is 5.81. The normalized spacial score (nSPS) is 13.8. The van der Waals surface area contributed by atoms with Gasteiger partial charge < -0.3 is 20.1 Å². The monoisotopic (exact) mass is 450 g/mol. The largest absolute Gasteiger partial charge is 0.362 e. The van der Waals surface area contributed by atoms with E-state index in [1.54, 1.807) is 17.0 Å². The summed E-state index contributed by atoms with van der Waals surface area (Å²) in [6.07, 6.45) is 1.37. The van der Waals surface area contributed by atoms with Gasteiger partial charge in [-0.2, -0.15) is 0 Å². The number of hydrogen-bond acceptors (Lipinski definition) is 6. The first-order chi connectivity index (χ1) is 15.9. The zero-order valence-electron chi connectivity index (χ0n) is 18.4. The number of H-pyrrole nitrogens is 1. The van der Waals surface area contributed by atoms with Crippen LogP contribution in [-0.2, 0) is 11.2 Å². The van der Waals surface area contributed by atoms with Gasteiger partial charge in [0.25, 0.3) is 11.6 Å². The molecule has 1 saturated heterocycles. The second-order valence-electron chi connectivity index (χ2n) is 8.01.